The molecule has 48 heavy (non-hydrogen) atoms. The van der Waals surface area contributed by atoms with Crippen LogP contribution in [0.25, 0.3) is 11.1 Å². The summed E-state index contributed by atoms with van der Waals surface area (Å²) < 4.78 is 76.1. The number of ether oxygens (including phenoxy) is 4. The molecule has 6 nitrogen and oxygen atoms in total. The van der Waals surface area contributed by atoms with Crippen molar-refractivity contribution >= 4 is 11.9 Å². The van der Waals surface area contributed by atoms with Gasteiger partial charge in [0.25, 0.3) is 0 Å². The van der Waals surface area contributed by atoms with Gasteiger partial charge in [0.2, 0.25) is 0 Å². The Labute approximate surface area is 280 Å². The molecule has 0 fully saturated rings. The van der Waals surface area contributed by atoms with Crippen LogP contribution in [-0.2, 0) is 9.47 Å². The maximum Gasteiger partial charge on any atom is 0.425 e. The lowest BCUT2D eigenvalue weighted by Crippen LogP contribution is -2.34. The Morgan fingerprint density at radius 3 is 1.90 bits per heavy atom. The monoisotopic (exact) mass is 674 g/mol. The normalized spacial score (nSPS) is 12.0. The summed E-state index contributed by atoms with van der Waals surface area (Å²) in [5.41, 5.74) is 1.30. The van der Waals surface area contributed by atoms with Crippen LogP contribution < -0.4 is 9.47 Å². The molecule has 1 atom stereocenters. The van der Waals surface area contributed by atoms with E-state index in [9.17, 15) is 27.2 Å². The summed E-state index contributed by atoms with van der Waals surface area (Å²) in [6, 6.07) is 17.1. The number of carbonyl (C=O) groups is 2. The average Bonchev–Trinajstić information content (AvgIpc) is 3.07. The number of alkyl halides is 3. The van der Waals surface area contributed by atoms with Gasteiger partial charge in [-0.05, 0) is 80.1 Å². The minimum atomic E-state index is -4.80. The van der Waals surface area contributed by atoms with E-state index in [4.69, 9.17) is 14.2 Å². The summed E-state index contributed by atoms with van der Waals surface area (Å²) in [5, 5.41) is 0. The Hall–Kier alpha value is -3.92. The summed E-state index contributed by atoms with van der Waals surface area (Å²) in [5.74, 6) is -2.82. The molecule has 0 saturated heterocycles. The van der Waals surface area contributed by atoms with Crippen molar-refractivity contribution in [2.75, 3.05) is 19.8 Å². The van der Waals surface area contributed by atoms with Gasteiger partial charge in [-0.3, -0.25) is 0 Å². The van der Waals surface area contributed by atoms with Crippen LogP contribution in [0, 0.1) is 5.82 Å². The number of unbranched alkanes of at least 4 members (excludes halogenated alkanes) is 8. The summed E-state index contributed by atoms with van der Waals surface area (Å²) in [4.78, 5) is 25.1. The van der Waals surface area contributed by atoms with Gasteiger partial charge in [-0.1, -0.05) is 76.1 Å². The molecule has 0 aliphatic rings. The topological polar surface area (TPSA) is 71.1 Å². The molecule has 3 aromatic carbocycles. The van der Waals surface area contributed by atoms with Crippen LogP contribution in [0.15, 0.2) is 66.7 Å². The van der Waals surface area contributed by atoms with Crippen LogP contribution in [0.2, 0.25) is 0 Å². The lowest BCUT2D eigenvalue weighted by Gasteiger charge is -2.21. The van der Waals surface area contributed by atoms with E-state index in [0.29, 0.717) is 32.7 Å². The molecule has 0 aromatic heterocycles. The van der Waals surface area contributed by atoms with Crippen LogP contribution in [0.5, 0.6) is 11.5 Å². The highest BCUT2D eigenvalue weighted by Gasteiger charge is 2.42. The number of rotatable bonds is 21. The molecule has 262 valence electrons. The van der Waals surface area contributed by atoms with E-state index in [2.05, 4.69) is 11.7 Å². The lowest BCUT2D eigenvalue weighted by atomic mass is 10.0. The number of esters is 2. The molecule has 0 aliphatic carbocycles. The highest BCUT2D eigenvalue weighted by molar-refractivity contribution is 5.92. The molecule has 0 aliphatic heterocycles. The molecule has 10 heteroatoms. The van der Waals surface area contributed by atoms with Gasteiger partial charge in [-0.15, -0.1) is 0 Å². The highest BCUT2D eigenvalue weighted by atomic mass is 19.4. The third kappa shape index (κ3) is 13.3. The molecule has 0 saturated carbocycles. The van der Waals surface area contributed by atoms with E-state index < -0.39 is 42.0 Å². The predicted octanol–water partition coefficient (Wildman–Crippen LogP) is 10.5. The van der Waals surface area contributed by atoms with Gasteiger partial charge in [0.05, 0.1) is 17.7 Å². The molecule has 3 rings (SSSR count). The van der Waals surface area contributed by atoms with Crippen molar-refractivity contribution in [2.24, 2.45) is 0 Å². The van der Waals surface area contributed by atoms with Crippen LogP contribution in [0.1, 0.15) is 105 Å². The number of carbonyl (C=O) groups excluding carboxylic acids is 2. The SMILES string of the molecule is CCCCCCCCCOc1ccc(-c2ccc(C(=O)Oc3ccc(C(=O)OC(CCCCCOCC)C(F)(F)F)c(F)c3)cc2)cc1. The average molecular weight is 675 g/mol. The summed E-state index contributed by atoms with van der Waals surface area (Å²) in [6.07, 6.45) is 2.10. The molecule has 0 amide bonds. The molecule has 0 heterocycles. The zero-order chi connectivity index (χ0) is 34.8. The van der Waals surface area contributed by atoms with E-state index in [1.807, 2.05) is 31.2 Å². The third-order valence-corrected chi connectivity index (χ3v) is 7.77. The Morgan fingerprint density at radius 2 is 1.27 bits per heavy atom. The fourth-order valence-corrected chi connectivity index (χ4v) is 5.02. The third-order valence-electron chi connectivity index (χ3n) is 7.77. The molecule has 0 N–H and O–H groups in total. The zero-order valence-corrected chi connectivity index (χ0v) is 27.8. The maximum absolute atomic E-state index is 14.8. The van der Waals surface area contributed by atoms with Gasteiger partial charge >= 0.3 is 18.1 Å². The molecular formula is C38H46F4O6. The predicted molar refractivity (Wildman–Crippen MR) is 177 cm³/mol. The first-order valence-electron chi connectivity index (χ1n) is 16.8. The Morgan fingerprint density at radius 1 is 0.688 bits per heavy atom. The smallest absolute Gasteiger partial charge is 0.425 e. The maximum atomic E-state index is 14.8. The number of hydrogen-bond acceptors (Lipinski definition) is 6. The highest BCUT2D eigenvalue weighted by Crippen LogP contribution is 2.29. The molecule has 0 radical (unpaired) electrons. The van der Waals surface area contributed by atoms with Crippen molar-refractivity contribution in [2.45, 2.75) is 96.8 Å². The van der Waals surface area contributed by atoms with Crippen LogP contribution in [0.4, 0.5) is 17.6 Å². The minimum Gasteiger partial charge on any atom is -0.494 e. The molecular weight excluding hydrogens is 628 g/mol. The van der Waals surface area contributed by atoms with E-state index in [1.54, 1.807) is 24.3 Å². The second-order valence-corrected chi connectivity index (χ2v) is 11.6. The first kappa shape index (κ1) is 38.5. The molecule has 1 unspecified atom stereocenters. The van der Waals surface area contributed by atoms with Gasteiger partial charge in [-0.25, -0.2) is 14.0 Å². The van der Waals surface area contributed by atoms with E-state index in [0.717, 1.165) is 47.9 Å². The first-order chi connectivity index (χ1) is 23.1. The van der Waals surface area contributed by atoms with E-state index >= 15 is 0 Å². The van der Waals surface area contributed by atoms with Gasteiger partial charge in [-0.2, -0.15) is 13.2 Å². The molecule has 0 bridgehead atoms. The van der Waals surface area contributed by atoms with Crippen molar-refractivity contribution in [1.29, 1.82) is 0 Å². The van der Waals surface area contributed by atoms with Crippen molar-refractivity contribution in [3.8, 4) is 22.6 Å². The number of benzene rings is 3. The Balaban J connectivity index is 1.49. The van der Waals surface area contributed by atoms with E-state index in [1.165, 1.54) is 32.1 Å². The van der Waals surface area contributed by atoms with Crippen molar-refractivity contribution < 1.29 is 46.1 Å². The fourth-order valence-electron chi connectivity index (χ4n) is 5.02. The quantitative estimate of drug-likeness (QED) is 0.0485. The Bertz CT molecular complexity index is 1390. The van der Waals surface area contributed by atoms with Crippen molar-refractivity contribution in [3.63, 3.8) is 0 Å². The molecule has 0 spiro atoms. The van der Waals surface area contributed by atoms with Gasteiger partial charge < -0.3 is 18.9 Å². The molecule has 3 aromatic rings. The van der Waals surface area contributed by atoms with Gasteiger partial charge in [0.15, 0.2) is 6.10 Å². The fraction of sp³-hybridized carbons (Fsp3) is 0.474. The first-order valence-corrected chi connectivity index (χ1v) is 16.8. The van der Waals surface area contributed by atoms with E-state index in [-0.39, 0.29) is 17.7 Å². The summed E-state index contributed by atoms with van der Waals surface area (Å²) in [7, 11) is 0. The Kier molecular flexibility index (Phi) is 16.4. The lowest BCUT2D eigenvalue weighted by molar-refractivity contribution is -0.206. The van der Waals surface area contributed by atoms with Crippen LogP contribution in [-0.4, -0.2) is 44.0 Å². The number of hydrogen-bond donors (Lipinski definition) is 0. The second kappa shape index (κ2) is 20.4. The zero-order valence-electron chi connectivity index (χ0n) is 27.8. The standard InChI is InChI=1S/C38H46F4O6/c1-3-5-6-7-8-9-13-26-46-31-21-19-29(20-22-31)28-15-17-30(18-16-28)36(43)47-32-23-24-33(34(39)27-32)37(44)48-35(38(40,41)42)14-11-10-12-25-45-4-2/h15-24,27,35H,3-14,25-26H2,1-2H3. The number of halogens is 4. The second-order valence-electron chi connectivity index (χ2n) is 11.6. The van der Waals surface area contributed by atoms with Crippen molar-refractivity contribution in [1.82, 2.24) is 0 Å². The summed E-state index contributed by atoms with van der Waals surface area (Å²) in [6.45, 7) is 5.66. The minimum absolute atomic E-state index is 0.156. The largest absolute Gasteiger partial charge is 0.494 e. The van der Waals surface area contributed by atoms with Crippen molar-refractivity contribution in [3.05, 3.63) is 83.7 Å². The summed E-state index contributed by atoms with van der Waals surface area (Å²) >= 11 is 0. The van der Waals surface area contributed by atoms with Crippen LogP contribution in [0.3, 0.4) is 0 Å². The van der Waals surface area contributed by atoms with Gasteiger partial charge in [0, 0.05) is 19.3 Å². The van der Waals surface area contributed by atoms with Gasteiger partial charge in [0.1, 0.15) is 17.3 Å². The van der Waals surface area contributed by atoms with Crippen LogP contribution >= 0.6 is 0 Å².